The Morgan fingerprint density at radius 2 is 2.04 bits per heavy atom. The SMILES string of the molecule is N#Cc1cnc(-c2ccc(F)cc2)cc1-c1ccnn1C1CCCCO1. The van der Waals surface area contributed by atoms with Crippen LogP contribution in [-0.4, -0.2) is 21.4 Å². The molecule has 1 saturated heterocycles. The van der Waals surface area contributed by atoms with E-state index in [1.807, 2.05) is 16.8 Å². The number of halogens is 1. The van der Waals surface area contributed by atoms with Crippen molar-refractivity contribution in [3.05, 3.63) is 60.2 Å². The monoisotopic (exact) mass is 348 g/mol. The van der Waals surface area contributed by atoms with E-state index in [2.05, 4.69) is 16.2 Å². The second kappa shape index (κ2) is 7.06. The standard InChI is InChI=1S/C20H17FN4O/c21-16-6-4-14(5-7-16)18-11-17(15(12-22)13-23-18)19-8-9-24-25(19)20-3-1-2-10-26-20/h4-9,11,13,20H,1-3,10H2. The maximum absolute atomic E-state index is 13.2. The van der Waals surface area contributed by atoms with Gasteiger partial charge in [-0.3, -0.25) is 4.98 Å². The predicted octanol–water partition coefficient (Wildman–Crippen LogP) is 4.32. The molecule has 0 aliphatic carbocycles. The molecule has 1 unspecified atom stereocenters. The van der Waals surface area contributed by atoms with E-state index in [1.165, 1.54) is 12.1 Å². The summed E-state index contributed by atoms with van der Waals surface area (Å²) < 4.78 is 20.9. The van der Waals surface area contributed by atoms with E-state index in [1.54, 1.807) is 24.5 Å². The highest BCUT2D eigenvalue weighted by molar-refractivity contribution is 5.73. The van der Waals surface area contributed by atoms with E-state index < -0.39 is 0 Å². The maximum Gasteiger partial charge on any atom is 0.150 e. The van der Waals surface area contributed by atoms with Gasteiger partial charge < -0.3 is 4.74 Å². The molecular weight excluding hydrogens is 331 g/mol. The van der Waals surface area contributed by atoms with Crippen LogP contribution in [0, 0.1) is 17.1 Å². The Balaban J connectivity index is 1.79. The van der Waals surface area contributed by atoms with Crippen LogP contribution in [0.4, 0.5) is 4.39 Å². The molecule has 0 N–H and O–H groups in total. The molecule has 130 valence electrons. The van der Waals surface area contributed by atoms with E-state index in [4.69, 9.17) is 4.74 Å². The molecule has 4 rings (SSSR count). The van der Waals surface area contributed by atoms with Crippen LogP contribution < -0.4 is 0 Å². The van der Waals surface area contributed by atoms with E-state index >= 15 is 0 Å². The summed E-state index contributed by atoms with van der Waals surface area (Å²) in [4.78, 5) is 4.36. The van der Waals surface area contributed by atoms with Crippen molar-refractivity contribution < 1.29 is 9.13 Å². The fourth-order valence-electron chi connectivity index (χ4n) is 3.21. The number of nitrogens with zero attached hydrogens (tertiary/aromatic N) is 4. The normalized spacial score (nSPS) is 17.0. The van der Waals surface area contributed by atoms with E-state index in [0.717, 1.165) is 36.1 Å². The van der Waals surface area contributed by atoms with Crippen molar-refractivity contribution in [3.63, 3.8) is 0 Å². The molecule has 6 heteroatoms. The summed E-state index contributed by atoms with van der Waals surface area (Å²) in [5.74, 6) is -0.296. The number of pyridine rings is 1. The van der Waals surface area contributed by atoms with Gasteiger partial charge in [0.25, 0.3) is 0 Å². The fraction of sp³-hybridized carbons (Fsp3) is 0.250. The zero-order valence-electron chi connectivity index (χ0n) is 14.1. The number of hydrogen-bond acceptors (Lipinski definition) is 4. The smallest absolute Gasteiger partial charge is 0.150 e. The van der Waals surface area contributed by atoms with Crippen molar-refractivity contribution in [1.82, 2.24) is 14.8 Å². The molecule has 1 fully saturated rings. The molecule has 3 heterocycles. The summed E-state index contributed by atoms with van der Waals surface area (Å²) in [6.45, 7) is 0.715. The topological polar surface area (TPSA) is 63.7 Å². The van der Waals surface area contributed by atoms with Crippen LogP contribution >= 0.6 is 0 Å². The first kappa shape index (κ1) is 16.4. The zero-order chi connectivity index (χ0) is 17.9. The first-order valence-corrected chi connectivity index (χ1v) is 8.58. The Kier molecular flexibility index (Phi) is 4.46. The van der Waals surface area contributed by atoms with E-state index in [-0.39, 0.29) is 12.0 Å². The van der Waals surface area contributed by atoms with Gasteiger partial charge in [-0.1, -0.05) is 0 Å². The molecule has 1 aromatic carbocycles. The van der Waals surface area contributed by atoms with Crippen LogP contribution in [0.25, 0.3) is 22.5 Å². The summed E-state index contributed by atoms with van der Waals surface area (Å²) in [6.07, 6.45) is 6.18. The zero-order valence-corrected chi connectivity index (χ0v) is 14.1. The molecule has 0 radical (unpaired) electrons. The quantitative estimate of drug-likeness (QED) is 0.707. The Labute approximate surface area is 150 Å². The molecule has 0 saturated carbocycles. The van der Waals surface area contributed by atoms with E-state index in [9.17, 15) is 9.65 Å². The van der Waals surface area contributed by atoms with Gasteiger partial charge in [-0.15, -0.1) is 0 Å². The Bertz CT molecular complexity index is 953. The summed E-state index contributed by atoms with van der Waals surface area (Å²) >= 11 is 0. The largest absolute Gasteiger partial charge is 0.356 e. The molecule has 1 aliphatic rings. The van der Waals surface area contributed by atoms with Gasteiger partial charge in [0.2, 0.25) is 0 Å². The van der Waals surface area contributed by atoms with Gasteiger partial charge >= 0.3 is 0 Å². The lowest BCUT2D eigenvalue weighted by molar-refractivity contribution is -0.0383. The summed E-state index contributed by atoms with van der Waals surface area (Å²) in [6, 6.07) is 12.1. The first-order chi connectivity index (χ1) is 12.8. The van der Waals surface area contributed by atoms with Gasteiger partial charge in [0.05, 0.1) is 17.0 Å². The van der Waals surface area contributed by atoms with Gasteiger partial charge in [-0.25, -0.2) is 9.07 Å². The number of ether oxygens (including phenoxy) is 1. The van der Waals surface area contributed by atoms with Gasteiger partial charge in [-0.2, -0.15) is 10.4 Å². The highest BCUT2D eigenvalue weighted by Crippen LogP contribution is 2.32. The summed E-state index contributed by atoms with van der Waals surface area (Å²) in [7, 11) is 0. The van der Waals surface area contributed by atoms with Crippen molar-refractivity contribution >= 4 is 0 Å². The van der Waals surface area contributed by atoms with Crippen LogP contribution in [0.15, 0.2) is 48.8 Å². The van der Waals surface area contributed by atoms with Crippen molar-refractivity contribution in [3.8, 4) is 28.6 Å². The third kappa shape index (κ3) is 3.09. The van der Waals surface area contributed by atoms with Crippen molar-refractivity contribution in [2.24, 2.45) is 0 Å². The maximum atomic E-state index is 13.2. The predicted molar refractivity (Wildman–Crippen MR) is 94.4 cm³/mol. The average Bonchev–Trinajstić information content (AvgIpc) is 3.18. The number of nitriles is 1. The molecule has 0 amide bonds. The number of rotatable bonds is 3. The fourth-order valence-corrected chi connectivity index (χ4v) is 3.21. The minimum Gasteiger partial charge on any atom is -0.356 e. The number of hydrogen-bond donors (Lipinski definition) is 0. The lowest BCUT2D eigenvalue weighted by Gasteiger charge is -2.24. The molecule has 5 nitrogen and oxygen atoms in total. The van der Waals surface area contributed by atoms with Crippen LogP contribution in [-0.2, 0) is 4.74 Å². The highest BCUT2D eigenvalue weighted by atomic mass is 19.1. The van der Waals surface area contributed by atoms with Crippen LogP contribution in [0.5, 0.6) is 0 Å². The third-order valence-corrected chi connectivity index (χ3v) is 4.54. The third-order valence-electron chi connectivity index (χ3n) is 4.54. The van der Waals surface area contributed by atoms with Crippen LogP contribution in [0.1, 0.15) is 31.1 Å². The summed E-state index contributed by atoms with van der Waals surface area (Å²) in [5, 5.41) is 13.9. The van der Waals surface area contributed by atoms with Gasteiger partial charge in [0.15, 0.2) is 6.23 Å². The molecule has 1 aliphatic heterocycles. The number of benzene rings is 1. The molecule has 26 heavy (non-hydrogen) atoms. The second-order valence-electron chi connectivity index (χ2n) is 6.22. The van der Waals surface area contributed by atoms with Crippen LogP contribution in [0.3, 0.4) is 0 Å². The Hall–Kier alpha value is -3.04. The van der Waals surface area contributed by atoms with Crippen molar-refractivity contribution in [2.45, 2.75) is 25.5 Å². The minimum absolute atomic E-state index is 0.122. The Morgan fingerprint density at radius 1 is 1.19 bits per heavy atom. The van der Waals surface area contributed by atoms with Crippen molar-refractivity contribution in [1.29, 1.82) is 5.26 Å². The molecule has 2 aromatic heterocycles. The highest BCUT2D eigenvalue weighted by Gasteiger charge is 2.21. The first-order valence-electron chi connectivity index (χ1n) is 8.58. The molecule has 0 spiro atoms. The summed E-state index contributed by atoms with van der Waals surface area (Å²) in [5.41, 5.74) is 3.49. The van der Waals surface area contributed by atoms with Gasteiger partial charge in [0.1, 0.15) is 11.9 Å². The molecule has 3 aromatic rings. The lowest BCUT2D eigenvalue weighted by atomic mass is 10.0. The van der Waals surface area contributed by atoms with Crippen LogP contribution in [0.2, 0.25) is 0 Å². The van der Waals surface area contributed by atoms with Gasteiger partial charge in [0, 0.05) is 30.1 Å². The minimum atomic E-state index is -0.296. The Morgan fingerprint density at radius 3 is 2.77 bits per heavy atom. The number of aromatic nitrogens is 3. The average molecular weight is 348 g/mol. The van der Waals surface area contributed by atoms with Crippen molar-refractivity contribution in [2.75, 3.05) is 6.61 Å². The molecule has 1 atom stereocenters. The van der Waals surface area contributed by atoms with E-state index in [0.29, 0.717) is 17.9 Å². The van der Waals surface area contributed by atoms with Gasteiger partial charge in [-0.05, 0) is 55.7 Å². The molecule has 0 bridgehead atoms. The lowest BCUT2D eigenvalue weighted by Crippen LogP contribution is -2.20. The molecular formula is C20H17FN4O. The second-order valence-corrected chi connectivity index (χ2v) is 6.22.